The zero-order valence-corrected chi connectivity index (χ0v) is 16.7. The first-order chi connectivity index (χ1) is 12.5. The van der Waals surface area contributed by atoms with Gasteiger partial charge in [-0.25, -0.2) is 0 Å². The highest BCUT2D eigenvalue weighted by Crippen LogP contribution is 2.23. The Morgan fingerprint density at radius 2 is 1.58 bits per heavy atom. The van der Waals surface area contributed by atoms with Crippen LogP contribution in [0.15, 0.2) is 42.5 Å². The van der Waals surface area contributed by atoms with Crippen molar-refractivity contribution in [1.29, 1.82) is 0 Å². The number of rotatable bonds is 2. The second-order valence-corrected chi connectivity index (χ2v) is 7.30. The summed E-state index contributed by atoms with van der Waals surface area (Å²) >= 11 is 17.8. The van der Waals surface area contributed by atoms with Gasteiger partial charge in [0, 0.05) is 36.9 Å². The summed E-state index contributed by atoms with van der Waals surface area (Å²) in [5.41, 5.74) is 2.40. The molecule has 1 aliphatic rings. The van der Waals surface area contributed by atoms with Crippen LogP contribution < -0.4 is 5.32 Å². The van der Waals surface area contributed by atoms with Crippen molar-refractivity contribution in [2.45, 2.75) is 6.92 Å². The molecule has 2 aromatic carbocycles. The van der Waals surface area contributed by atoms with E-state index in [2.05, 4.69) is 10.2 Å². The Morgan fingerprint density at radius 1 is 0.962 bits per heavy atom. The number of carbonyl (C=O) groups excluding carboxylic acids is 1. The number of halogens is 2. The van der Waals surface area contributed by atoms with Crippen molar-refractivity contribution < 1.29 is 4.79 Å². The molecule has 7 heteroatoms. The maximum Gasteiger partial charge on any atom is 0.255 e. The molecule has 0 spiro atoms. The summed E-state index contributed by atoms with van der Waals surface area (Å²) in [5, 5.41) is 5.07. The first-order valence-corrected chi connectivity index (χ1v) is 9.48. The van der Waals surface area contributed by atoms with Gasteiger partial charge >= 0.3 is 0 Å². The largest absolute Gasteiger partial charge is 0.345 e. The standard InChI is InChI=1S/C19H19Cl2N3OS/c1-13-15(20)7-4-8-17(13)22-19(26)24-11-9-23(10-12-24)18(25)14-5-2-3-6-16(14)21/h2-8H,9-12H2,1H3,(H,22,26). The van der Waals surface area contributed by atoms with E-state index in [1.54, 1.807) is 12.1 Å². The Balaban J connectivity index is 1.60. The average Bonchev–Trinajstić information content (AvgIpc) is 2.65. The maximum atomic E-state index is 12.6. The molecule has 1 heterocycles. The Kier molecular flexibility index (Phi) is 6.01. The van der Waals surface area contributed by atoms with E-state index in [9.17, 15) is 4.79 Å². The van der Waals surface area contributed by atoms with Crippen LogP contribution in [-0.2, 0) is 0 Å². The number of carbonyl (C=O) groups is 1. The lowest BCUT2D eigenvalue weighted by Gasteiger charge is -2.36. The first-order valence-electron chi connectivity index (χ1n) is 8.32. The zero-order valence-electron chi connectivity index (χ0n) is 14.3. The SMILES string of the molecule is Cc1c(Cl)cccc1NC(=S)N1CCN(C(=O)c2ccccc2Cl)CC1. The third-order valence-electron chi connectivity index (χ3n) is 4.47. The predicted molar refractivity (Wildman–Crippen MR) is 111 cm³/mol. The van der Waals surface area contributed by atoms with Crippen LogP contribution in [0.5, 0.6) is 0 Å². The molecule has 0 aliphatic carbocycles. The third-order valence-corrected chi connectivity index (χ3v) is 5.57. The van der Waals surface area contributed by atoms with Crippen molar-refractivity contribution in [3.63, 3.8) is 0 Å². The van der Waals surface area contributed by atoms with Crippen molar-refractivity contribution in [2.24, 2.45) is 0 Å². The Hall–Kier alpha value is -1.82. The van der Waals surface area contributed by atoms with Gasteiger partial charge in [0.1, 0.15) is 0 Å². The number of piperazine rings is 1. The smallest absolute Gasteiger partial charge is 0.255 e. The van der Waals surface area contributed by atoms with Crippen molar-refractivity contribution >= 4 is 52.1 Å². The Labute approximate surface area is 168 Å². The third kappa shape index (κ3) is 4.11. The number of nitrogens with one attached hydrogen (secondary N) is 1. The van der Waals surface area contributed by atoms with E-state index in [0.717, 1.165) is 11.3 Å². The fourth-order valence-electron chi connectivity index (χ4n) is 2.85. The fourth-order valence-corrected chi connectivity index (χ4v) is 3.54. The first kappa shape index (κ1) is 19.0. The van der Waals surface area contributed by atoms with Crippen LogP contribution in [0.2, 0.25) is 10.0 Å². The molecule has 3 rings (SSSR count). The molecule has 0 radical (unpaired) electrons. The molecule has 0 atom stereocenters. The number of benzene rings is 2. The highest BCUT2D eigenvalue weighted by atomic mass is 35.5. The molecule has 1 fully saturated rings. The Morgan fingerprint density at radius 3 is 2.27 bits per heavy atom. The number of hydrogen-bond acceptors (Lipinski definition) is 2. The van der Waals surface area contributed by atoms with E-state index in [-0.39, 0.29) is 5.91 Å². The molecular formula is C19H19Cl2N3OS. The van der Waals surface area contributed by atoms with Crippen LogP contribution in [0.3, 0.4) is 0 Å². The second-order valence-electron chi connectivity index (χ2n) is 6.10. The van der Waals surface area contributed by atoms with Gasteiger partial charge in [0.15, 0.2) is 5.11 Å². The van der Waals surface area contributed by atoms with Crippen molar-refractivity contribution in [3.8, 4) is 0 Å². The van der Waals surface area contributed by atoms with E-state index < -0.39 is 0 Å². The summed E-state index contributed by atoms with van der Waals surface area (Å²) in [5.74, 6) is -0.0418. The van der Waals surface area contributed by atoms with E-state index in [4.69, 9.17) is 35.4 Å². The van der Waals surface area contributed by atoms with Gasteiger partial charge in [-0.3, -0.25) is 4.79 Å². The normalized spacial score (nSPS) is 14.3. The number of thiocarbonyl (C=S) groups is 1. The molecule has 1 aliphatic heterocycles. The fraction of sp³-hybridized carbons (Fsp3) is 0.263. The number of amides is 1. The van der Waals surface area contributed by atoms with Crippen LogP contribution >= 0.6 is 35.4 Å². The van der Waals surface area contributed by atoms with Crippen LogP contribution in [-0.4, -0.2) is 47.0 Å². The van der Waals surface area contributed by atoms with Gasteiger partial charge in [-0.15, -0.1) is 0 Å². The molecule has 1 amide bonds. The summed E-state index contributed by atoms with van der Waals surface area (Å²) in [6.07, 6.45) is 0. The zero-order chi connectivity index (χ0) is 18.7. The van der Waals surface area contributed by atoms with Crippen molar-refractivity contribution in [1.82, 2.24) is 9.80 Å². The minimum atomic E-state index is -0.0418. The molecule has 1 N–H and O–H groups in total. The van der Waals surface area contributed by atoms with Gasteiger partial charge in [0.2, 0.25) is 0 Å². The molecule has 0 bridgehead atoms. The van der Waals surface area contributed by atoms with Crippen molar-refractivity contribution in [2.75, 3.05) is 31.5 Å². The quantitative estimate of drug-likeness (QED) is 0.745. The summed E-state index contributed by atoms with van der Waals surface area (Å²) in [6, 6.07) is 12.8. The highest BCUT2D eigenvalue weighted by molar-refractivity contribution is 7.80. The van der Waals surface area contributed by atoms with E-state index in [0.29, 0.717) is 46.9 Å². The van der Waals surface area contributed by atoms with Gasteiger partial charge in [-0.2, -0.15) is 0 Å². The maximum absolute atomic E-state index is 12.6. The number of nitrogens with zero attached hydrogens (tertiary/aromatic N) is 2. The van der Waals surface area contributed by atoms with E-state index >= 15 is 0 Å². The lowest BCUT2D eigenvalue weighted by atomic mass is 10.2. The van der Waals surface area contributed by atoms with Gasteiger partial charge in [0.05, 0.1) is 10.6 Å². The molecular weight excluding hydrogens is 389 g/mol. The van der Waals surface area contributed by atoms with Crippen molar-refractivity contribution in [3.05, 3.63) is 63.6 Å². The number of anilines is 1. The lowest BCUT2D eigenvalue weighted by Crippen LogP contribution is -2.51. The molecule has 26 heavy (non-hydrogen) atoms. The molecule has 2 aromatic rings. The molecule has 0 unspecified atom stereocenters. The second kappa shape index (κ2) is 8.25. The minimum absolute atomic E-state index is 0.0418. The van der Waals surface area contributed by atoms with Gasteiger partial charge < -0.3 is 15.1 Å². The van der Waals surface area contributed by atoms with Gasteiger partial charge in [-0.05, 0) is 49.0 Å². The topological polar surface area (TPSA) is 35.6 Å². The summed E-state index contributed by atoms with van der Waals surface area (Å²) in [6.45, 7) is 4.48. The summed E-state index contributed by atoms with van der Waals surface area (Å²) in [4.78, 5) is 16.5. The molecule has 136 valence electrons. The van der Waals surface area contributed by atoms with E-state index in [1.165, 1.54) is 0 Å². The minimum Gasteiger partial charge on any atom is -0.345 e. The summed E-state index contributed by atoms with van der Waals surface area (Å²) < 4.78 is 0. The van der Waals surface area contributed by atoms with Gasteiger partial charge in [-0.1, -0.05) is 41.4 Å². The molecule has 0 saturated carbocycles. The summed E-state index contributed by atoms with van der Waals surface area (Å²) in [7, 11) is 0. The van der Waals surface area contributed by atoms with Crippen LogP contribution in [0.4, 0.5) is 5.69 Å². The lowest BCUT2D eigenvalue weighted by molar-refractivity contribution is 0.0693. The Bertz CT molecular complexity index is 835. The molecule has 1 saturated heterocycles. The monoisotopic (exact) mass is 407 g/mol. The highest BCUT2D eigenvalue weighted by Gasteiger charge is 2.24. The van der Waals surface area contributed by atoms with E-state index in [1.807, 2.05) is 42.2 Å². The van der Waals surface area contributed by atoms with Crippen LogP contribution in [0.1, 0.15) is 15.9 Å². The molecule has 4 nitrogen and oxygen atoms in total. The van der Waals surface area contributed by atoms with Crippen LogP contribution in [0, 0.1) is 6.92 Å². The van der Waals surface area contributed by atoms with Crippen LogP contribution in [0.25, 0.3) is 0 Å². The predicted octanol–water partition coefficient (Wildman–Crippen LogP) is 4.46. The average molecular weight is 408 g/mol. The van der Waals surface area contributed by atoms with Gasteiger partial charge in [0.25, 0.3) is 5.91 Å². The molecule has 0 aromatic heterocycles. The number of hydrogen-bond donors (Lipinski definition) is 1.